The van der Waals surface area contributed by atoms with E-state index in [1.54, 1.807) is 0 Å². The van der Waals surface area contributed by atoms with E-state index in [4.69, 9.17) is 9.47 Å². The molecule has 3 aromatic carbocycles. The van der Waals surface area contributed by atoms with E-state index in [-0.39, 0.29) is 10.1 Å². The molecule has 0 aromatic heterocycles. The van der Waals surface area contributed by atoms with Gasteiger partial charge in [-0.1, -0.05) is 60.7 Å². The Labute approximate surface area is 212 Å². The van der Waals surface area contributed by atoms with Gasteiger partial charge in [-0.05, 0) is 41.1 Å². The van der Waals surface area contributed by atoms with Crippen LogP contribution in [0.25, 0.3) is 0 Å². The van der Waals surface area contributed by atoms with E-state index in [2.05, 4.69) is 20.3 Å². The van der Waals surface area contributed by atoms with E-state index in [0.717, 1.165) is 29.0 Å². The molecule has 0 radical (unpaired) electrons. The highest BCUT2D eigenvalue weighted by Gasteiger charge is 2.25. The van der Waals surface area contributed by atoms with Crippen molar-refractivity contribution in [3.8, 4) is 11.5 Å². The minimum absolute atomic E-state index is 0.180. The Kier molecular flexibility index (Phi) is 8.50. The highest BCUT2D eigenvalue weighted by atomic mass is 32.2. The third-order valence-electron chi connectivity index (χ3n) is 4.91. The lowest BCUT2D eigenvalue weighted by atomic mass is 10.2. The number of thioether (sulfide) groups is 1. The molecule has 8 nitrogen and oxygen atoms in total. The van der Waals surface area contributed by atoms with Crippen LogP contribution >= 0.6 is 11.8 Å². The minimum Gasteiger partial charge on any atom is -0.489 e. The van der Waals surface area contributed by atoms with Crippen LogP contribution in [0.1, 0.15) is 16.7 Å². The normalized spacial score (nSPS) is 15.3. The van der Waals surface area contributed by atoms with Crippen LogP contribution in [0, 0.1) is 0 Å². The molecule has 0 bridgehead atoms. The van der Waals surface area contributed by atoms with Crippen LogP contribution in [-0.4, -0.2) is 30.4 Å². The van der Waals surface area contributed by atoms with Crippen LogP contribution in [0.2, 0.25) is 0 Å². The zero-order valence-electron chi connectivity index (χ0n) is 19.4. The average molecular weight is 502 g/mol. The van der Waals surface area contributed by atoms with E-state index in [9.17, 15) is 9.59 Å². The van der Waals surface area contributed by atoms with Gasteiger partial charge in [0.25, 0.3) is 5.91 Å². The van der Waals surface area contributed by atoms with Gasteiger partial charge in [0.05, 0.1) is 18.2 Å². The Balaban J connectivity index is 1.51. The number of nitrogens with one attached hydrogen (secondary N) is 1. The molecule has 3 aromatic rings. The van der Waals surface area contributed by atoms with E-state index >= 15 is 0 Å². The van der Waals surface area contributed by atoms with Crippen LogP contribution in [0.4, 0.5) is 0 Å². The van der Waals surface area contributed by atoms with E-state index in [1.807, 2.05) is 78.9 Å². The lowest BCUT2D eigenvalue weighted by molar-refractivity contribution is -0.135. The SMILES string of the molecule is COC(=O)/C=C1/S/C(=N\N=Cc2cc(OCc3ccccc3)ccc2OCc2ccccc2)NC1=O. The van der Waals surface area contributed by atoms with Gasteiger partial charge in [0, 0.05) is 11.6 Å². The van der Waals surface area contributed by atoms with Crippen molar-refractivity contribution in [2.24, 2.45) is 10.2 Å². The summed E-state index contributed by atoms with van der Waals surface area (Å²) >= 11 is 0.998. The van der Waals surface area contributed by atoms with Crippen LogP contribution in [0.3, 0.4) is 0 Å². The fourth-order valence-electron chi connectivity index (χ4n) is 3.11. The maximum absolute atomic E-state index is 12.0. The Morgan fingerprint density at radius 3 is 2.28 bits per heavy atom. The van der Waals surface area contributed by atoms with Gasteiger partial charge in [-0.15, -0.1) is 5.10 Å². The smallest absolute Gasteiger partial charge is 0.331 e. The summed E-state index contributed by atoms with van der Waals surface area (Å²) in [6.07, 6.45) is 2.63. The van der Waals surface area contributed by atoms with Crippen molar-refractivity contribution >= 4 is 35.0 Å². The van der Waals surface area contributed by atoms with Crippen molar-refractivity contribution in [1.82, 2.24) is 5.32 Å². The molecule has 1 fully saturated rings. The Hall–Kier alpha value is -4.37. The van der Waals surface area contributed by atoms with Crippen molar-refractivity contribution in [2.75, 3.05) is 7.11 Å². The molecule has 36 heavy (non-hydrogen) atoms. The largest absolute Gasteiger partial charge is 0.489 e. The zero-order valence-corrected chi connectivity index (χ0v) is 20.2. The fraction of sp³-hybridized carbons (Fsp3) is 0.111. The first-order valence-electron chi connectivity index (χ1n) is 11.0. The molecular weight excluding hydrogens is 478 g/mol. The highest BCUT2D eigenvalue weighted by Crippen LogP contribution is 2.26. The molecular formula is C27H23N3O5S. The molecule has 1 aliphatic heterocycles. The number of carbonyl (C=O) groups is 2. The lowest BCUT2D eigenvalue weighted by Gasteiger charge is -2.12. The molecule has 0 atom stereocenters. The summed E-state index contributed by atoms with van der Waals surface area (Å²) in [7, 11) is 1.24. The summed E-state index contributed by atoms with van der Waals surface area (Å²) in [4.78, 5) is 23.6. The van der Waals surface area contributed by atoms with Crippen LogP contribution in [0.15, 0.2) is 100 Å². The number of amides is 1. The third kappa shape index (κ3) is 7.07. The first-order valence-corrected chi connectivity index (χ1v) is 11.8. The van der Waals surface area contributed by atoms with Crippen molar-refractivity contribution < 1.29 is 23.8 Å². The minimum atomic E-state index is -0.620. The van der Waals surface area contributed by atoms with Crippen molar-refractivity contribution in [1.29, 1.82) is 0 Å². The summed E-state index contributed by atoms with van der Waals surface area (Å²) in [5.41, 5.74) is 2.73. The number of hydrogen-bond acceptors (Lipinski definition) is 8. The van der Waals surface area contributed by atoms with Gasteiger partial charge in [-0.25, -0.2) is 4.79 Å². The molecule has 9 heteroatoms. The lowest BCUT2D eigenvalue weighted by Crippen LogP contribution is -2.19. The van der Waals surface area contributed by atoms with Gasteiger partial charge in [-0.3, -0.25) is 10.1 Å². The molecule has 0 aliphatic carbocycles. The number of nitrogens with zero attached hydrogens (tertiary/aromatic N) is 2. The summed E-state index contributed by atoms with van der Waals surface area (Å²) < 4.78 is 16.5. The van der Waals surface area contributed by atoms with E-state index < -0.39 is 11.9 Å². The summed E-state index contributed by atoms with van der Waals surface area (Å²) in [5, 5.41) is 11.0. The Bertz CT molecular complexity index is 1310. The average Bonchev–Trinajstić information content (AvgIpc) is 3.26. The second-order valence-corrected chi connectivity index (χ2v) is 8.52. The van der Waals surface area contributed by atoms with Gasteiger partial charge >= 0.3 is 5.97 Å². The number of ether oxygens (including phenoxy) is 3. The number of carbonyl (C=O) groups excluding carboxylic acids is 2. The number of methoxy groups -OCH3 is 1. The monoisotopic (exact) mass is 501 g/mol. The second kappa shape index (κ2) is 12.4. The zero-order chi connectivity index (χ0) is 25.2. The predicted molar refractivity (Wildman–Crippen MR) is 139 cm³/mol. The predicted octanol–water partition coefficient (Wildman–Crippen LogP) is 4.45. The first kappa shape index (κ1) is 24.7. The van der Waals surface area contributed by atoms with Crippen LogP contribution in [0.5, 0.6) is 11.5 Å². The van der Waals surface area contributed by atoms with E-state index in [1.165, 1.54) is 13.3 Å². The van der Waals surface area contributed by atoms with Crippen molar-refractivity contribution in [3.05, 3.63) is 107 Å². The molecule has 0 saturated carbocycles. The maximum Gasteiger partial charge on any atom is 0.331 e. The number of benzene rings is 3. The summed E-state index contributed by atoms with van der Waals surface area (Å²) in [6.45, 7) is 0.802. The molecule has 1 heterocycles. The molecule has 1 amide bonds. The molecule has 0 unspecified atom stereocenters. The topological polar surface area (TPSA) is 98.6 Å². The summed E-state index contributed by atoms with van der Waals surface area (Å²) in [6, 6.07) is 25.2. The number of hydrogen-bond donors (Lipinski definition) is 1. The van der Waals surface area contributed by atoms with Crippen LogP contribution < -0.4 is 14.8 Å². The second-order valence-electron chi connectivity index (χ2n) is 7.49. The quantitative estimate of drug-likeness (QED) is 0.201. The van der Waals surface area contributed by atoms with Crippen LogP contribution in [-0.2, 0) is 27.5 Å². The molecule has 1 saturated heterocycles. The molecule has 1 N–H and O–H groups in total. The Morgan fingerprint density at radius 1 is 0.944 bits per heavy atom. The van der Waals surface area contributed by atoms with Crippen molar-refractivity contribution in [3.63, 3.8) is 0 Å². The van der Waals surface area contributed by atoms with Gasteiger partial charge in [0.2, 0.25) is 0 Å². The molecule has 0 spiro atoms. The standard InChI is InChI=1S/C27H23N3O5S/c1-33-25(31)15-24-26(32)29-27(36-24)30-28-16-21-14-22(34-17-19-8-4-2-5-9-19)12-13-23(21)35-18-20-10-6-3-7-11-20/h2-16H,17-18H2,1H3,(H,29,30,32)/b24-15+,28-16?. The maximum atomic E-state index is 12.0. The van der Waals surface area contributed by atoms with Crippen molar-refractivity contribution in [2.45, 2.75) is 13.2 Å². The molecule has 182 valence electrons. The van der Waals surface area contributed by atoms with Gasteiger partial charge < -0.3 is 14.2 Å². The number of amidine groups is 1. The number of rotatable bonds is 9. The van der Waals surface area contributed by atoms with Gasteiger partial charge in [-0.2, -0.15) is 5.10 Å². The number of esters is 1. The van der Waals surface area contributed by atoms with Gasteiger partial charge in [0.15, 0.2) is 5.17 Å². The Morgan fingerprint density at radius 2 is 1.61 bits per heavy atom. The van der Waals surface area contributed by atoms with Gasteiger partial charge in [0.1, 0.15) is 24.7 Å². The highest BCUT2D eigenvalue weighted by molar-refractivity contribution is 8.18. The fourth-order valence-corrected chi connectivity index (χ4v) is 3.85. The van der Waals surface area contributed by atoms with E-state index in [0.29, 0.717) is 30.3 Å². The molecule has 1 aliphatic rings. The first-order chi connectivity index (χ1) is 17.6. The summed E-state index contributed by atoms with van der Waals surface area (Å²) in [5.74, 6) is 0.184. The molecule has 4 rings (SSSR count). The third-order valence-corrected chi connectivity index (χ3v) is 5.81.